The number of benzene rings is 1. The molecular weight excluding hydrogens is 381 g/mol. The highest BCUT2D eigenvalue weighted by Crippen LogP contribution is 2.47. The van der Waals surface area contributed by atoms with Crippen LogP contribution in [0.2, 0.25) is 0 Å². The highest BCUT2D eigenvalue weighted by Gasteiger charge is 2.49. The molecule has 29 heavy (non-hydrogen) atoms. The van der Waals surface area contributed by atoms with Gasteiger partial charge in [0.2, 0.25) is 5.70 Å². The van der Waals surface area contributed by atoms with Crippen LogP contribution in [-0.4, -0.2) is 25.9 Å². The van der Waals surface area contributed by atoms with Gasteiger partial charge in [-0.05, 0) is 24.6 Å². The van der Waals surface area contributed by atoms with Crippen molar-refractivity contribution in [2.45, 2.75) is 25.1 Å². The van der Waals surface area contributed by atoms with Crippen molar-refractivity contribution >= 4 is 11.8 Å². The number of halogens is 3. The van der Waals surface area contributed by atoms with Gasteiger partial charge in [-0.25, -0.2) is 15.0 Å². The third-order valence-corrected chi connectivity index (χ3v) is 4.30. The molecular formula is C21H17F3N4O. The molecule has 0 saturated heterocycles. The van der Waals surface area contributed by atoms with E-state index in [0.29, 0.717) is 5.56 Å². The minimum absolute atomic E-state index is 0.0205. The Morgan fingerprint density at radius 1 is 1.24 bits per heavy atom. The zero-order valence-corrected chi connectivity index (χ0v) is 16.0. The predicted octanol–water partition coefficient (Wildman–Crippen LogP) is 5.33. The van der Waals surface area contributed by atoms with E-state index in [1.807, 2.05) is 31.1 Å². The number of ether oxygens (including phenoxy) is 1. The van der Waals surface area contributed by atoms with Crippen LogP contribution in [0.3, 0.4) is 0 Å². The van der Waals surface area contributed by atoms with E-state index in [1.165, 1.54) is 13.0 Å². The topological polar surface area (TPSA) is 45.0 Å². The second-order valence-electron chi connectivity index (χ2n) is 6.72. The summed E-state index contributed by atoms with van der Waals surface area (Å²) in [6.07, 6.45) is -2.98. The van der Waals surface area contributed by atoms with Crippen LogP contribution in [0.15, 0.2) is 53.1 Å². The van der Waals surface area contributed by atoms with E-state index in [4.69, 9.17) is 23.1 Å². The lowest BCUT2D eigenvalue weighted by Gasteiger charge is -2.28. The summed E-state index contributed by atoms with van der Waals surface area (Å²) in [7, 11) is 3.77. The van der Waals surface area contributed by atoms with Gasteiger partial charge < -0.3 is 9.64 Å². The molecule has 1 aromatic rings. The molecule has 0 saturated carbocycles. The molecule has 148 valence electrons. The number of anilines is 1. The Morgan fingerprint density at radius 2 is 1.86 bits per heavy atom. The second-order valence-corrected chi connectivity index (χ2v) is 6.72. The largest absolute Gasteiger partial charge is 0.505 e. The molecule has 0 N–H and O–H groups in total. The van der Waals surface area contributed by atoms with Crippen molar-refractivity contribution in [1.82, 2.24) is 0 Å². The molecule has 1 unspecified atom stereocenters. The Bertz CT molecular complexity index is 996. The second kappa shape index (κ2) is 8.12. The van der Waals surface area contributed by atoms with Crippen LogP contribution >= 0.6 is 0 Å². The van der Waals surface area contributed by atoms with Crippen molar-refractivity contribution in [2.75, 3.05) is 19.0 Å². The zero-order chi connectivity index (χ0) is 21.8. The first kappa shape index (κ1) is 21.6. The fourth-order valence-corrected chi connectivity index (χ4v) is 2.93. The first-order valence-corrected chi connectivity index (χ1v) is 8.40. The van der Waals surface area contributed by atoms with Crippen LogP contribution in [-0.2, 0) is 4.74 Å². The van der Waals surface area contributed by atoms with E-state index in [2.05, 4.69) is 9.69 Å². The zero-order valence-electron chi connectivity index (χ0n) is 16.0. The Morgan fingerprint density at radius 3 is 2.31 bits per heavy atom. The maximum atomic E-state index is 13.2. The highest BCUT2D eigenvalue weighted by atomic mass is 19.4. The summed E-state index contributed by atoms with van der Waals surface area (Å²) in [6, 6.07) is 8.86. The Balaban J connectivity index is 2.58. The number of nitriles is 1. The third-order valence-electron chi connectivity index (χ3n) is 4.30. The SMILES string of the molecule is [C-]#[N+]C1=C(/C=C/c2ccc(N(C)C)cc2)C(C)(CC(F)(F)F)O/C1=C(\C#N)[N+]#[C-]. The standard InChI is InChI=1S/C21H17F3N4O/c1-20(13-21(22,23)24)16(18(27-3)19(29-20)17(12-25)26-2)11-8-14-6-9-15(10-7-14)28(4)5/h6-11H,13H2,1,4-5H3/b11-8+,19-17+. The molecule has 0 amide bonds. The maximum Gasteiger partial charge on any atom is 0.393 e. The van der Waals surface area contributed by atoms with Gasteiger partial charge in [-0.2, -0.15) is 13.2 Å². The van der Waals surface area contributed by atoms with Crippen LogP contribution < -0.4 is 4.90 Å². The Kier molecular flexibility index (Phi) is 6.05. The molecule has 5 nitrogen and oxygen atoms in total. The third kappa shape index (κ3) is 4.78. The number of hydrogen-bond acceptors (Lipinski definition) is 3. The fraction of sp³-hybridized carbons (Fsp3) is 0.286. The van der Waals surface area contributed by atoms with Gasteiger partial charge in [-0.15, -0.1) is 0 Å². The molecule has 0 bridgehead atoms. The minimum atomic E-state index is -4.57. The van der Waals surface area contributed by atoms with Gasteiger partial charge in [0.05, 0.1) is 25.6 Å². The average molecular weight is 398 g/mol. The number of allylic oxidation sites excluding steroid dienone is 1. The van der Waals surface area contributed by atoms with Crippen molar-refractivity contribution < 1.29 is 17.9 Å². The number of nitrogens with zero attached hydrogens (tertiary/aromatic N) is 4. The molecule has 1 aromatic carbocycles. The molecule has 0 aliphatic carbocycles. The molecule has 1 aliphatic heterocycles. The summed E-state index contributed by atoms with van der Waals surface area (Å²) in [5.41, 5.74) is -1.08. The predicted molar refractivity (Wildman–Crippen MR) is 103 cm³/mol. The Labute approximate surface area is 167 Å². The van der Waals surface area contributed by atoms with Gasteiger partial charge in [0.1, 0.15) is 11.4 Å². The van der Waals surface area contributed by atoms with Crippen molar-refractivity contribution in [3.63, 3.8) is 0 Å². The summed E-state index contributed by atoms with van der Waals surface area (Å²) in [5, 5.41) is 9.10. The van der Waals surface area contributed by atoms with Crippen LogP contribution in [0.1, 0.15) is 18.9 Å². The lowest BCUT2D eigenvalue weighted by Crippen LogP contribution is -2.33. The molecule has 0 spiro atoms. The monoisotopic (exact) mass is 398 g/mol. The summed E-state index contributed by atoms with van der Waals surface area (Å²) >= 11 is 0. The first-order valence-electron chi connectivity index (χ1n) is 8.40. The highest BCUT2D eigenvalue weighted by molar-refractivity contribution is 5.63. The van der Waals surface area contributed by atoms with Crippen molar-refractivity contribution in [1.29, 1.82) is 5.26 Å². The van der Waals surface area contributed by atoms with Gasteiger partial charge in [-0.1, -0.05) is 24.3 Å². The fourth-order valence-electron chi connectivity index (χ4n) is 2.93. The van der Waals surface area contributed by atoms with Gasteiger partial charge in [-0.3, -0.25) is 0 Å². The lowest BCUT2D eigenvalue weighted by atomic mass is 9.91. The van der Waals surface area contributed by atoms with Gasteiger partial charge in [0.15, 0.2) is 0 Å². The van der Waals surface area contributed by atoms with Crippen LogP contribution in [0.4, 0.5) is 18.9 Å². The molecule has 1 atom stereocenters. The van der Waals surface area contributed by atoms with Crippen LogP contribution in [0.5, 0.6) is 0 Å². The molecule has 0 radical (unpaired) electrons. The van der Waals surface area contributed by atoms with E-state index < -0.39 is 29.7 Å². The number of alkyl halides is 3. The molecule has 1 aliphatic rings. The van der Waals surface area contributed by atoms with Crippen LogP contribution in [0.25, 0.3) is 15.8 Å². The van der Waals surface area contributed by atoms with Gasteiger partial charge in [0, 0.05) is 25.4 Å². The smallest absolute Gasteiger partial charge is 0.393 e. The summed E-state index contributed by atoms with van der Waals surface area (Å²) in [6.45, 7) is 15.6. The first-order chi connectivity index (χ1) is 13.5. The normalized spacial score (nSPS) is 20.7. The molecule has 2 rings (SSSR count). The van der Waals surface area contributed by atoms with Crippen molar-refractivity contribution in [2.24, 2.45) is 0 Å². The summed E-state index contributed by atoms with van der Waals surface area (Å²) in [4.78, 5) is 8.16. The lowest BCUT2D eigenvalue weighted by molar-refractivity contribution is -0.165. The average Bonchev–Trinajstić information content (AvgIpc) is 2.90. The summed E-state index contributed by atoms with van der Waals surface area (Å²) in [5.74, 6) is -0.410. The molecule has 0 fully saturated rings. The van der Waals surface area contributed by atoms with Gasteiger partial charge in [0.25, 0.3) is 5.70 Å². The van der Waals surface area contributed by atoms with E-state index in [9.17, 15) is 13.2 Å². The maximum absolute atomic E-state index is 13.2. The molecule has 8 heteroatoms. The summed E-state index contributed by atoms with van der Waals surface area (Å²) < 4.78 is 44.9. The van der Waals surface area contributed by atoms with E-state index >= 15 is 0 Å². The minimum Gasteiger partial charge on any atom is -0.505 e. The van der Waals surface area contributed by atoms with Crippen molar-refractivity contribution in [3.8, 4) is 6.07 Å². The molecule has 1 heterocycles. The quantitative estimate of drug-likeness (QED) is 0.508. The van der Waals surface area contributed by atoms with E-state index in [-0.39, 0.29) is 11.3 Å². The van der Waals surface area contributed by atoms with E-state index in [0.717, 1.165) is 5.69 Å². The number of rotatable bonds is 4. The van der Waals surface area contributed by atoms with Gasteiger partial charge >= 0.3 is 6.18 Å². The van der Waals surface area contributed by atoms with Crippen molar-refractivity contribution in [3.05, 3.63) is 81.5 Å². The van der Waals surface area contributed by atoms with E-state index in [1.54, 1.807) is 24.3 Å². The Hall–Kier alpha value is -3.70. The molecule has 0 aromatic heterocycles. The number of hydrogen-bond donors (Lipinski definition) is 0. The van der Waals surface area contributed by atoms with Crippen LogP contribution in [0, 0.1) is 24.5 Å².